The van der Waals surface area contributed by atoms with E-state index in [1.54, 1.807) is 31.3 Å². The summed E-state index contributed by atoms with van der Waals surface area (Å²) in [6, 6.07) is 6.89. The molecule has 1 atom stereocenters. The summed E-state index contributed by atoms with van der Waals surface area (Å²) in [6.07, 6.45) is 1.40. The van der Waals surface area contributed by atoms with E-state index >= 15 is 0 Å². The summed E-state index contributed by atoms with van der Waals surface area (Å²) in [7, 11) is 1.78. The molecule has 2 rings (SSSR count). The van der Waals surface area contributed by atoms with E-state index in [-0.39, 0.29) is 24.5 Å². The van der Waals surface area contributed by atoms with E-state index in [0.717, 1.165) is 6.42 Å². The number of hydrogen-bond donors (Lipinski definition) is 2. The second-order valence-electron chi connectivity index (χ2n) is 4.62. The van der Waals surface area contributed by atoms with E-state index in [0.29, 0.717) is 24.1 Å². The Morgan fingerprint density at radius 1 is 1.21 bits per heavy atom. The number of amides is 2. The molecule has 2 amide bonds. The predicted octanol–water partition coefficient (Wildman–Crippen LogP) is 0.643. The van der Waals surface area contributed by atoms with Gasteiger partial charge in [0.1, 0.15) is 0 Å². The fraction of sp³-hybridized carbons (Fsp3) is 0.429. The average molecular weight is 262 g/mol. The summed E-state index contributed by atoms with van der Waals surface area (Å²) in [6.45, 7) is 0.448. The number of nitrogens with one attached hydrogen (secondary N) is 1. The van der Waals surface area contributed by atoms with Gasteiger partial charge in [0.2, 0.25) is 0 Å². The van der Waals surface area contributed by atoms with Crippen LogP contribution in [-0.2, 0) is 0 Å². The molecular weight excluding hydrogens is 244 g/mol. The molecule has 0 bridgehead atoms. The van der Waals surface area contributed by atoms with Crippen molar-refractivity contribution in [2.24, 2.45) is 0 Å². The standard InChI is InChI=1S/C14H18N2O3/c1-15-10(9-17)5-4-8-16-13(18)11-6-2-3-7-12(11)14(16)19/h2-3,6-7,10,15,17H,4-5,8-9H2,1H3/t10-/m0/s1. The van der Waals surface area contributed by atoms with E-state index < -0.39 is 0 Å². The Kier molecular flexibility index (Phi) is 4.29. The Morgan fingerprint density at radius 3 is 2.26 bits per heavy atom. The van der Waals surface area contributed by atoms with E-state index in [9.17, 15) is 9.59 Å². The normalized spacial score (nSPS) is 15.8. The third-order valence-electron chi connectivity index (χ3n) is 3.44. The number of carbonyl (C=O) groups excluding carboxylic acids is 2. The molecular formula is C14H18N2O3. The third kappa shape index (κ3) is 2.67. The summed E-state index contributed by atoms with van der Waals surface area (Å²) in [5.74, 6) is -0.434. The fourth-order valence-electron chi connectivity index (χ4n) is 2.26. The van der Waals surface area contributed by atoms with Crippen LogP contribution in [0.1, 0.15) is 33.6 Å². The molecule has 102 valence electrons. The minimum Gasteiger partial charge on any atom is -0.395 e. The van der Waals surface area contributed by atoms with Crippen molar-refractivity contribution in [2.45, 2.75) is 18.9 Å². The molecule has 0 aliphatic carbocycles. The monoisotopic (exact) mass is 262 g/mol. The van der Waals surface area contributed by atoms with Gasteiger partial charge in [-0.3, -0.25) is 14.5 Å². The molecule has 5 nitrogen and oxygen atoms in total. The maximum atomic E-state index is 12.1. The van der Waals surface area contributed by atoms with Crippen molar-refractivity contribution in [3.63, 3.8) is 0 Å². The molecule has 1 aromatic carbocycles. The topological polar surface area (TPSA) is 69.6 Å². The molecule has 2 N–H and O–H groups in total. The molecule has 0 fully saturated rings. The molecule has 0 aromatic heterocycles. The van der Waals surface area contributed by atoms with Gasteiger partial charge in [-0.2, -0.15) is 0 Å². The van der Waals surface area contributed by atoms with Gasteiger partial charge in [0.15, 0.2) is 0 Å². The van der Waals surface area contributed by atoms with Crippen LogP contribution >= 0.6 is 0 Å². The van der Waals surface area contributed by atoms with Crippen LogP contribution in [0, 0.1) is 0 Å². The minimum atomic E-state index is -0.217. The summed E-state index contributed by atoms with van der Waals surface area (Å²) in [4.78, 5) is 25.4. The van der Waals surface area contributed by atoms with Gasteiger partial charge in [-0.25, -0.2) is 0 Å². The smallest absolute Gasteiger partial charge is 0.261 e. The molecule has 0 saturated carbocycles. The van der Waals surface area contributed by atoms with Crippen LogP contribution in [0.5, 0.6) is 0 Å². The maximum absolute atomic E-state index is 12.1. The Balaban J connectivity index is 1.97. The van der Waals surface area contributed by atoms with E-state index in [4.69, 9.17) is 5.11 Å². The van der Waals surface area contributed by atoms with Gasteiger partial charge in [0, 0.05) is 12.6 Å². The quantitative estimate of drug-likeness (QED) is 0.738. The lowest BCUT2D eigenvalue weighted by molar-refractivity contribution is 0.0649. The van der Waals surface area contributed by atoms with Crippen molar-refractivity contribution in [3.8, 4) is 0 Å². The number of hydrogen-bond acceptors (Lipinski definition) is 4. The largest absolute Gasteiger partial charge is 0.395 e. The van der Waals surface area contributed by atoms with Gasteiger partial charge in [0.05, 0.1) is 17.7 Å². The molecule has 1 aliphatic heterocycles. The van der Waals surface area contributed by atoms with Gasteiger partial charge in [-0.15, -0.1) is 0 Å². The fourth-order valence-corrected chi connectivity index (χ4v) is 2.26. The average Bonchev–Trinajstić information content (AvgIpc) is 2.69. The highest BCUT2D eigenvalue weighted by molar-refractivity contribution is 6.21. The number of fused-ring (bicyclic) bond motifs is 1. The number of aliphatic hydroxyl groups is 1. The summed E-state index contributed by atoms with van der Waals surface area (Å²) in [5, 5.41) is 12.0. The second-order valence-corrected chi connectivity index (χ2v) is 4.62. The molecule has 0 spiro atoms. The number of likely N-dealkylation sites (N-methyl/N-ethyl adjacent to an activating group) is 1. The lowest BCUT2D eigenvalue weighted by Crippen LogP contribution is -2.33. The Bertz CT molecular complexity index is 448. The SMILES string of the molecule is CN[C@H](CO)CCCN1C(=O)c2ccccc2C1=O. The van der Waals surface area contributed by atoms with Crippen LogP contribution in [0.4, 0.5) is 0 Å². The summed E-state index contributed by atoms with van der Waals surface area (Å²) in [5.41, 5.74) is 0.972. The van der Waals surface area contributed by atoms with Crippen molar-refractivity contribution >= 4 is 11.8 Å². The van der Waals surface area contributed by atoms with E-state index in [2.05, 4.69) is 5.32 Å². The first-order chi connectivity index (χ1) is 9.19. The molecule has 19 heavy (non-hydrogen) atoms. The van der Waals surface area contributed by atoms with Crippen LogP contribution in [0.2, 0.25) is 0 Å². The molecule has 5 heteroatoms. The Morgan fingerprint density at radius 2 is 1.79 bits per heavy atom. The number of nitrogens with zero attached hydrogens (tertiary/aromatic N) is 1. The zero-order valence-corrected chi connectivity index (χ0v) is 10.9. The third-order valence-corrected chi connectivity index (χ3v) is 3.44. The molecule has 0 saturated heterocycles. The van der Waals surface area contributed by atoms with Crippen LogP contribution in [0.15, 0.2) is 24.3 Å². The van der Waals surface area contributed by atoms with Crippen molar-refractivity contribution < 1.29 is 14.7 Å². The lowest BCUT2D eigenvalue weighted by atomic mass is 10.1. The molecule has 1 aromatic rings. The van der Waals surface area contributed by atoms with Gasteiger partial charge in [-0.1, -0.05) is 12.1 Å². The Labute approximate surface area is 112 Å². The van der Waals surface area contributed by atoms with Crippen molar-refractivity contribution in [1.82, 2.24) is 10.2 Å². The predicted molar refractivity (Wildman–Crippen MR) is 71.0 cm³/mol. The van der Waals surface area contributed by atoms with E-state index in [1.807, 2.05) is 0 Å². The highest BCUT2D eigenvalue weighted by Crippen LogP contribution is 2.22. The molecule has 0 unspecified atom stereocenters. The first kappa shape index (κ1) is 13.7. The second kappa shape index (κ2) is 5.95. The van der Waals surface area contributed by atoms with Crippen molar-refractivity contribution in [2.75, 3.05) is 20.2 Å². The highest BCUT2D eigenvalue weighted by Gasteiger charge is 2.34. The molecule has 1 heterocycles. The first-order valence-corrected chi connectivity index (χ1v) is 6.42. The van der Waals surface area contributed by atoms with Gasteiger partial charge < -0.3 is 10.4 Å². The number of benzene rings is 1. The van der Waals surface area contributed by atoms with Crippen LogP contribution < -0.4 is 5.32 Å². The van der Waals surface area contributed by atoms with Crippen LogP contribution in [-0.4, -0.2) is 48.1 Å². The number of carbonyl (C=O) groups is 2. The van der Waals surface area contributed by atoms with Crippen LogP contribution in [0.25, 0.3) is 0 Å². The summed E-state index contributed by atoms with van der Waals surface area (Å²) >= 11 is 0. The Hall–Kier alpha value is -1.72. The zero-order valence-electron chi connectivity index (χ0n) is 10.9. The van der Waals surface area contributed by atoms with E-state index in [1.165, 1.54) is 4.90 Å². The zero-order chi connectivity index (χ0) is 13.8. The van der Waals surface area contributed by atoms with Crippen molar-refractivity contribution in [1.29, 1.82) is 0 Å². The first-order valence-electron chi connectivity index (χ1n) is 6.42. The maximum Gasteiger partial charge on any atom is 0.261 e. The minimum absolute atomic E-state index is 0.00943. The number of imide groups is 1. The molecule has 1 aliphatic rings. The highest BCUT2D eigenvalue weighted by atomic mass is 16.3. The van der Waals surface area contributed by atoms with Gasteiger partial charge >= 0.3 is 0 Å². The summed E-state index contributed by atoms with van der Waals surface area (Å²) < 4.78 is 0. The number of aliphatic hydroxyl groups excluding tert-OH is 1. The van der Waals surface area contributed by atoms with Gasteiger partial charge in [-0.05, 0) is 32.0 Å². The van der Waals surface area contributed by atoms with Gasteiger partial charge in [0.25, 0.3) is 11.8 Å². The number of rotatable bonds is 6. The van der Waals surface area contributed by atoms with Crippen LogP contribution in [0.3, 0.4) is 0 Å². The lowest BCUT2D eigenvalue weighted by Gasteiger charge is -2.16. The molecule has 0 radical (unpaired) electrons. The van der Waals surface area contributed by atoms with Crippen molar-refractivity contribution in [3.05, 3.63) is 35.4 Å².